The van der Waals surface area contributed by atoms with Crippen molar-refractivity contribution in [2.45, 2.75) is 32.6 Å². The summed E-state index contributed by atoms with van der Waals surface area (Å²) in [5.74, 6) is 6.76. The highest BCUT2D eigenvalue weighted by molar-refractivity contribution is 5.48. The molecule has 4 heteroatoms. The van der Waals surface area contributed by atoms with Crippen LogP contribution in [-0.2, 0) is 11.3 Å². The van der Waals surface area contributed by atoms with Crippen LogP contribution in [0, 0.1) is 11.8 Å². The van der Waals surface area contributed by atoms with E-state index < -0.39 is 0 Å². The van der Waals surface area contributed by atoms with E-state index in [-0.39, 0.29) is 12.2 Å². The van der Waals surface area contributed by atoms with Gasteiger partial charge in [-0.3, -0.25) is 4.90 Å². The van der Waals surface area contributed by atoms with Crippen LogP contribution in [0.2, 0.25) is 0 Å². The number of ether oxygens (including phenoxy) is 2. The molecule has 4 nitrogen and oxygen atoms in total. The SMILES string of the molecule is COc1ccc(CN2CC(C)OC(C)C2)cc1C#CCN. The molecule has 2 N–H and O–H groups in total. The smallest absolute Gasteiger partial charge is 0.134 e. The standard InChI is InChI=1S/C17H24N2O2/c1-13-10-19(11-14(2)21-13)12-15-6-7-17(20-3)16(9-15)5-4-8-18/h6-7,9,13-14H,8,10-12,18H2,1-3H3. The van der Waals surface area contributed by atoms with Crippen LogP contribution in [0.3, 0.4) is 0 Å². The minimum Gasteiger partial charge on any atom is -0.495 e. The number of nitrogens with zero attached hydrogens (tertiary/aromatic N) is 1. The third-order valence-corrected chi connectivity index (χ3v) is 3.49. The minimum atomic E-state index is 0.281. The normalized spacial score (nSPS) is 22.5. The molecule has 1 saturated heterocycles. The van der Waals surface area contributed by atoms with Crippen molar-refractivity contribution in [1.82, 2.24) is 4.90 Å². The van der Waals surface area contributed by atoms with Gasteiger partial charge in [-0.1, -0.05) is 17.9 Å². The van der Waals surface area contributed by atoms with E-state index in [2.05, 4.69) is 42.7 Å². The third-order valence-electron chi connectivity index (χ3n) is 3.49. The Hall–Kier alpha value is -1.54. The van der Waals surface area contributed by atoms with Crippen molar-refractivity contribution in [2.24, 2.45) is 5.73 Å². The summed E-state index contributed by atoms with van der Waals surface area (Å²) in [5.41, 5.74) is 7.58. The molecular formula is C17H24N2O2. The molecule has 1 aromatic carbocycles. The molecule has 0 spiro atoms. The molecular weight excluding hydrogens is 264 g/mol. The molecule has 114 valence electrons. The Labute approximate surface area is 127 Å². The van der Waals surface area contributed by atoms with Crippen molar-refractivity contribution in [2.75, 3.05) is 26.7 Å². The van der Waals surface area contributed by atoms with E-state index in [4.69, 9.17) is 15.2 Å². The van der Waals surface area contributed by atoms with Gasteiger partial charge in [0.15, 0.2) is 0 Å². The van der Waals surface area contributed by atoms with Crippen LogP contribution in [0.25, 0.3) is 0 Å². The van der Waals surface area contributed by atoms with Crippen LogP contribution in [0.4, 0.5) is 0 Å². The molecule has 0 amide bonds. The van der Waals surface area contributed by atoms with Gasteiger partial charge in [0, 0.05) is 19.6 Å². The molecule has 2 atom stereocenters. The molecule has 0 bridgehead atoms. The molecule has 0 aromatic heterocycles. The quantitative estimate of drug-likeness (QED) is 0.859. The second-order valence-electron chi connectivity index (χ2n) is 5.49. The molecule has 1 aliphatic rings. The van der Waals surface area contributed by atoms with Crippen molar-refractivity contribution in [3.05, 3.63) is 29.3 Å². The maximum atomic E-state index is 5.77. The summed E-state index contributed by atoms with van der Waals surface area (Å²) < 4.78 is 11.1. The molecule has 0 saturated carbocycles. The molecule has 1 heterocycles. The Morgan fingerprint density at radius 2 is 2.05 bits per heavy atom. The van der Waals surface area contributed by atoms with E-state index in [1.807, 2.05) is 6.07 Å². The molecule has 21 heavy (non-hydrogen) atoms. The summed E-state index contributed by atoms with van der Waals surface area (Å²) in [7, 11) is 1.66. The fourth-order valence-corrected chi connectivity index (χ4v) is 2.77. The fraction of sp³-hybridized carbons (Fsp3) is 0.529. The predicted molar refractivity (Wildman–Crippen MR) is 84.2 cm³/mol. The van der Waals surface area contributed by atoms with Gasteiger partial charge in [-0.05, 0) is 31.5 Å². The van der Waals surface area contributed by atoms with Crippen molar-refractivity contribution in [3.63, 3.8) is 0 Å². The number of nitrogens with two attached hydrogens (primary N) is 1. The first kappa shape index (κ1) is 15.8. The van der Waals surface area contributed by atoms with Crippen LogP contribution >= 0.6 is 0 Å². The average Bonchev–Trinajstić information content (AvgIpc) is 2.44. The Kier molecular flexibility index (Phi) is 5.63. The summed E-state index contributed by atoms with van der Waals surface area (Å²) >= 11 is 0. The number of benzene rings is 1. The topological polar surface area (TPSA) is 47.7 Å². The average molecular weight is 288 g/mol. The van der Waals surface area contributed by atoms with Gasteiger partial charge in [0.2, 0.25) is 0 Å². The monoisotopic (exact) mass is 288 g/mol. The highest BCUT2D eigenvalue weighted by Crippen LogP contribution is 2.21. The first-order valence-electron chi connectivity index (χ1n) is 7.36. The van der Waals surface area contributed by atoms with Crippen LogP contribution in [0.5, 0.6) is 5.75 Å². The first-order chi connectivity index (χ1) is 10.1. The van der Waals surface area contributed by atoms with Crippen molar-refractivity contribution >= 4 is 0 Å². The van der Waals surface area contributed by atoms with Gasteiger partial charge in [0.05, 0.1) is 31.4 Å². The van der Waals surface area contributed by atoms with Gasteiger partial charge in [0.1, 0.15) is 5.75 Å². The molecule has 1 fully saturated rings. The lowest BCUT2D eigenvalue weighted by Gasteiger charge is -2.35. The van der Waals surface area contributed by atoms with Crippen LogP contribution in [-0.4, -0.2) is 43.9 Å². The molecule has 2 rings (SSSR count). The Balaban J connectivity index is 2.13. The zero-order valence-electron chi connectivity index (χ0n) is 13.1. The Bertz CT molecular complexity index is 523. The fourth-order valence-electron chi connectivity index (χ4n) is 2.77. The van der Waals surface area contributed by atoms with Crippen molar-refractivity contribution in [1.29, 1.82) is 0 Å². The Morgan fingerprint density at radius 3 is 2.67 bits per heavy atom. The summed E-state index contributed by atoms with van der Waals surface area (Å²) in [6.07, 6.45) is 0.562. The first-order valence-corrected chi connectivity index (χ1v) is 7.36. The lowest BCUT2D eigenvalue weighted by atomic mass is 10.1. The molecule has 1 aromatic rings. The number of morpholine rings is 1. The molecule has 0 radical (unpaired) electrons. The van der Waals surface area contributed by atoms with Gasteiger partial charge in [-0.15, -0.1) is 0 Å². The molecule has 2 unspecified atom stereocenters. The van der Waals surface area contributed by atoms with Crippen LogP contribution in [0.15, 0.2) is 18.2 Å². The summed E-state index contributed by atoms with van der Waals surface area (Å²) in [4.78, 5) is 2.42. The van der Waals surface area contributed by atoms with E-state index in [1.165, 1.54) is 5.56 Å². The van der Waals surface area contributed by atoms with Crippen LogP contribution < -0.4 is 10.5 Å². The molecule has 0 aliphatic carbocycles. The predicted octanol–water partition coefficient (Wildman–Crippen LogP) is 1.61. The van der Waals surface area contributed by atoms with E-state index in [0.717, 1.165) is 30.9 Å². The van der Waals surface area contributed by atoms with Crippen molar-refractivity contribution < 1.29 is 9.47 Å². The summed E-state index contributed by atoms with van der Waals surface area (Å²) in [5, 5.41) is 0. The van der Waals surface area contributed by atoms with E-state index in [0.29, 0.717) is 6.54 Å². The number of rotatable bonds is 3. The van der Waals surface area contributed by atoms with Gasteiger partial charge in [0.25, 0.3) is 0 Å². The maximum absolute atomic E-state index is 5.77. The minimum absolute atomic E-state index is 0.281. The van der Waals surface area contributed by atoms with Gasteiger partial charge >= 0.3 is 0 Å². The van der Waals surface area contributed by atoms with Crippen LogP contribution in [0.1, 0.15) is 25.0 Å². The zero-order chi connectivity index (χ0) is 15.2. The van der Waals surface area contributed by atoms with Gasteiger partial charge in [-0.25, -0.2) is 0 Å². The largest absolute Gasteiger partial charge is 0.495 e. The number of hydrogen-bond donors (Lipinski definition) is 1. The highest BCUT2D eigenvalue weighted by atomic mass is 16.5. The van der Waals surface area contributed by atoms with E-state index >= 15 is 0 Å². The lowest BCUT2D eigenvalue weighted by Crippen LogP contribution is -2.44. The Morgan fingerprint density at radius 1 is 1.33 bits per heavy atom. The van der Waals surface area contributed by atoms with Gasteiger partial charge < -0.3 is 15.2 Å². The van der Waals surface area contributed by atoms with Crippen molar-refractivity contribution in [3.8, 4) is 17.6 Å². The second-order valence-corrected chi connectivity index (χ2v) is 5.49. The number of hydrogen-bond acceptors (Lipinski definition) is 4. The van der Waals surface area contributed by atoms with E-state index in [9.17, 15) is 0 Å². The second kappa shape index (κ2) is 7.46. The zero-order valence-corrected chi connectivity index (χ0v) is 13.1. The van der Waals surface area contributed by atoms with E-state index in [1.54, 1.807) is 7.11 Å². The maximum Gasteiger partial charge on any atom is 0.134 e. The molecule has 1 aliphatic heterocycles. The highest BCUT2D eigenvalue weighted by Gasteiger charge is 2.22. The van der Waals surface area contributed by atoms with Gasteiger partial charge in [-0.2, -0.15) is 0 Å². The summed E-state index contributed by atoms with van der Waals surface area (Å²) in [6.45, 7) is 7.41. The third kappa shape index (κ3) is 4.47. The lowest BCUT2D eigenvalue weighted by molar-refractivity contribution is -0.0704. The summed E-state index contributed by atoms with van der Waals surface area (Å²) in [6, 6.07) is 6.16. The number of methoxy groups -OCH3 is 1.